The zero-order valence-corrected chi connectivity index (χ0v) is 14.7. The van der Waals surface area contributed by atoms with Crippen LogP contribution in [0.4, 0.5) is 0 Å². The molecule has 9 heteroatoms. The third kappa shape index (κ3) is 3.27. The van der Waals surface area contributed by atoms with Gasteiger partial charge in [-0.1, -0.05) is 81.8 Å². The summed E-state index contributed by atoms with van der Waals surface area (Å²) in [7, 11) is 0. The number of halogens is 6. The van der Waals surface area contributed by atoms with Crippen molar-refractivity contribution in [3.63, 3.8) is 0 Å². The van der Waals surface area contributed by atoms with Crippen LogP contribution in [-0.2, 0) is 4.74 Å². The van der Waals surface area contributed by atoms with Crippen molar-refractivity contribution in [1.29, 1.82) is 0 Å². The Morgan fingerprint density at radius 3 is 1.43 bits per heavy atom. The van der Waals surface area contributed by atoms with Crippen LogP contribution in [0.2, 0.25) is 0 Å². The highest BCUT2D eigenvalue weighted by molar-refractivity contribution is 6.49. The second kappa shape index (κ2) is 6.23. The molecular weight excluding hydrogens is 405 g/mol. The normalized spacial score (nSPS) is 34.1. The lowest BCUT2D eigenvalue weighted by atomic mass is 10.0. The van der Waals surface area contributed by atoms with E-state index in [0.29, 0.717) is 0 Å². The van der Waals surface area contributed by atoms with Gasteiger partial charge in [-0.2, -0.15) is 0 Å². The summed E-state index contributed by atoms with van der Waals surface area (Å²) < 4.78 is 5.33. The molecule has 0 aromatic rings. The van der Waals surface area contributed by atoms with Crippen LogP contribution in [0.1, 0.15) is 12.8 Å². The van der Waals surface area contributed by atoms with E-state index in [2.05, 4.69) is 0 Å². The van der Waals surface area contributed by atoms with Crippen LogP contribution >= 0.6 is 69.6 Å². The zero-order valence-electron chi connectivity index (χ0n) is 10.1. The van der Waals surface area contributed by atoms with E-state index in [9.17, 15) is 10.2 Å². The second-order valence-electron chi connectivity index (χ2n) is 4.44. The maximum Gasteiger partial charge on any atom is 0.211 e. The largest absolute Gasteiger partial charge is 0.361 e. The molecule has 2 rings (SSSR count). The van der Waals surface area contributed by atoms with Gasteiger partial charge < -0.3 is 14.9 Å². The number of hydrogen-bond acceptors (Lipinski definition) is 3. The highest BCUT2D eigenvalue weighted by Crippen LogP contribution is 2.47. The number of aliphatic hydroxyl groups is 2. The van der Waals surface area contributed by atoms with E-state index in [1.807, 2.05) is 0 Å². The minimum Gasteiger partial charge on any atom is -0.361 e. The van der Waals surface area contributed by atoms with E-state index < -0.39 is 11.6 Å². The Morgan fingerprint density at radius 2 is 1.10 bits per heavy atom. The molecule has 2 unspecified atom stereocenters. The average Bonchev–Trinajstić information content (AvgIpc) is 2.44. The van der Waals surface area contributed by atoms with Gasteiger partial charge in [0.15, 0.2) is 0 Å². The van der Waals surface area contributed by atoms with Gasteiger partial charge in [0, 0.05) is 12.8 Å². The van der Waals surface area contributed by atoms with Crippen LogP contribution in [0.25, 0.3) is 0 Å². The van der Waals surface area contributed by atoms with Crippen LogP contribution < -0.4 is 0 Å². The van der Waals surface area contributed by atoms with Gasteiger partial charge in [0.25, 0.3) is 0 Å². The average molecular weight is 413 g/mol. The van der Waals surface area contributed by atoms with Crippen molar-refractivity contribution in [3.8, 4) is 0 Å². The van der Waals surface area contributed by atoms with Crippen LogP contribution in [0, 0.1) is 0 Å². The summed E-state index contributed by atoms with van der Waals surface area (Å²) in [5.41, 5.74) is 0. The van der Waals surface area contributed by atoms with Gasteiger partial charge in [-0.25, -0.2) is 0 Å². The minimum atomic E-state index is -2.08. The lowest BCUT2D eigenvalue weighted by Gasteiger charge is -2.39. The highest BCUT2D eigenvalue weighted by Gasteiger charge is 2.47. The molecule has 0 saturated carbocycles. The fraction of sp³-hybridized carbons (Fsp3) is 0.333. The predicted molar refractivity (Wildman–Crippen MR) is 85.6 cm³/mol. The van der Waals surface area contributed by atoms with Crippen LogP contribution in [0.3, 0.4) is 0 Å². The van der Waals surface area contributed by atoms with Gasteiger partial charge in [0.05, 0.1) is 30.2 Å². The summed E-state index contributed by atoms with van der Waals surface area (Å²) in [6, 6.07) is 0. The van der Waals surface area contributed by atoms with Gasteiger partial charge in [-0.3, -0.25) is 0 Å². The topological polar surface area (TPSA) is 49.7 Å². The molecule has 0 aromatic heterocycles. The highest BCUT2D eigenvalue weighted by atomic mass is 35.5. The molecule has 0 heterocycles. The minimum absolute atomic E-state index is 0.0775. The molecule has 0 aromatic carbocycles. The first-order valence-corrected chi connectivity index (χ1v) is 7.86. The molecule has 2 aliphatic carbocycles. The molecule has 3 nitrogen and oxygen atoms in total. The maximum absolute atomic E-state index is 10.5. The van der Waals surface area contributed by atoms with Crippen molar-refractivity contribution in [3.05, 3.63) is 42.3 Å². The van der Waals surface area contributed by atoms with Crippen molar-refractivity contribution in [2.24, 2.45) is 0 Å². The maximum atomic E-state index is 10.5. The molecule has 0 saturated heterocycles. The summed E-state index contributed by atoms with van der Waals surface area (Å²) in [5.74, 6) is -4.17. The third-order valence-corrected chi connectivity index (χ3v) is 5.77. The van der Waals surface area contributed by atoms with Crippen LogP contribution in [-0.4, -0.2) is 21.8 Å². The van der Waals surface area contributed by atoms with E-state index in [-0.39, 0.29) is 43.0 Å². The Bertz CT molecular complexity index is 556. The summed E-state index contributed by atoms with van der Waals surface area (Å²) in [6.45, 7) is 0. The van der Waals surface area contributed by atoms with Crippen molar-refractivity contribution in [2.45, 2.75) is 24.4 Å². The molecular formula is C12H8Cl6O3. The smallest absolute Gasteiger partial charge is 0.211 e. The first kappa shape index (κ1) is 17.9. The Kier molecular flexibility index (Phi) is 5.32. The van der Waals surface area contributed by atoms with Crippen LogP contribution in [0.15, 0.2) is 42.3 Å². The summed E-state index contributed by atoms with van der Waals surface area (Å²) in [4.78, 5) is 0. The number of rotatable bonds is 2. The molecule has 2 atom stereocenters. The SMILES string of the molecule is OC1(OC2(O)CC=C(Cl)C(Cl)=C2Cl)CC=C(Cl)C(Cl)=C1Cl. The monoisotopic (exact) mass is 410 g/mol. The van der Waals surface area contributed by atoms with Gasteiger partial charge in [0.1, 0.15) is 0 Å². The first-order chi connectivity index (χ1) is 9.61. The lowest BCUT2D eigenvalue weighted by molar-refractivity contribution is -0.294. The lowest BCUT2D eigenvalue weighted by Crippen LogP contribution is -2.47. The van der Waals surface area contributed by atoms with E-state index in [4.69, 9.17) is 74.3 Å². The molecule has 2 aliphatic rings. The Balaban J connectivity index is 2.35. The molecule has 0 aliphatic heterocycles. The third-order valence-electron chi connectivity index (χ3n) is 2.94. The second-order valence-corrected chi connectivity index (χ2v) is 6.77. The molecule has 0 spiro atoms. The van der Waals surface area contributed by atoms with Gasteiger partial charge in [-0.15, -0.1) is 0 Å². The standard InChI is InChI=1S/C12H8Cl6O3/c13-5-1-3-11(19,9(17)7(5)15)21-12(20)4-2-6(14)8(16)10(12)18/h1-2,19-20H,3-4H2. The fourth-order valence-corrected chi connectivity index (χ4v) is 3.14. The Labute approximate surface area is 151 Å². The molecule has 2 N–H and O–H groups in total. The van der Waals surface area contributed by atoms with Crippen molar-refractivity contribution in [2.75, 3.05) is 0 Å². The van der Waals surface area contributed by atoms with Crippen molar-refractivity contribution < 1.29 is 14.9 Å². The zero-order chi connectivity index (χ0) is 16.0. The van der Waals surface area contributed by atoms with Crippen molar-refractivity contribution in [1.82, 2.24) is 0 Å². The Hall–Kier alpha value is 0.580. The van der Waals surface area contributed by atoms with E-state index >= 15 is 0 Å². The van der Waals surface area contributed by atoms with Crippen LogP contribution in [0.5, 0.6) is 0 Å². The van der Waals surface area contributed by atoms with E-state index in [0.717, 1.165) is 0 Å². The van der Waals surface area contributed by atoms with Gasteiger partial charge in [-0.05, 0) is 0 Å². The molecule has 0 amide bonds. The van der Waals surface area contributed by atoms with Gasteiger partial charge in [0.2, 0.25) is 11.6 Å². The molecule has 116 valence electrons. The van der Waals surface area contributed by atoms with E-state index in [1.165, 1.54) is 12.2 Å². The number of allylic oxidation sites excluding steroid dienone is 4. The molecule has 0 fully saturated rings. The quantitative estimate of drug-likeness (QED) is 0.640. The molecule has 21 heavy (non-hydrogen) atoms. The van der Waals surface area contributed by atoms with Gasteiger partial charge >= 0.3 is 0 Å². The van der Waals surface area contributed by atoms with E-state index in [1.54, 1.807) is 0 Å². The summed E-state index contributed by atoms with van der Waals surface area (Å²) in [6.07, 6.45) is 2.57. The number of hydrogen-bond donors (Lipinski definition) is 2. The molecule has 0 radical (unpaired) electrons. The van der Waals surface area contributed by atoms with Crippen molar-refractivity contribution >= 4 is 69.6 Å². The predicted octanol–water partition coefficient (Wildman–Crippen LogP) is 4.81. The molecule has 0 bridgehead atoms. The first-order valence-electron chi connectivity index (χ1n) is 5.59. The summed E-state index contributed by atoms with van der Waals surface area (Å²) in [5, 5.41) is 20.6. The Morgan fingerprint density at radius 1 is 0.762 bits per heavy atom. The summed E-state index contributed by atoms with van der Waals surface area (Å²) >= 11 is 35.3. The fourth-order valence-electron chi connectivity index (χ4n) is 1.82. The number of ether oxygens (including phenoxy) is 1.